The van der Waals surface area contributed by atoms with Crippen LogP contribution in [0.15, 0.2) is 76.9 Å². The number of nitrogen functional groups attached to an aromatic ring is 1. The molecule has 0 bridgehead atoms. The molecule has 0 saturated heterocycles. The maximum atomic E-state index is 6.17. The third kappa shape index (κ3) is 3.32. The van der Waals surface area contributed by atoms with E-state index >= 15 is 0 Å². The van der Waals surface area contributed by atoms with Crippen molar-refractivity contribution in [3.05, 3.63) is 67.0 Å². The quantitative estimate of drug-likeness (QED) is 0.713. The Labute approximate surface area is 127 Å². The molecule has 0 unspecified atom stereocenters. The van der Waals surface area contributed by atoms with E-state index in [-0.39, 0.29) is 0 Å². The molecule has 0 radical (unpaired) electrons. The second-order valence-corrected chi connectivity index (χ2v) is 5.41. The van der Waals surface area contributed by atoms with Gasteiger partial charge in [-0.2, -0.15) is 0 Å². The average Bonchev–Trinajstić information content (AvgIpc) is 2.53. The summed E-state index contributed by atoms with van der Waals surface area (Å²) in [6.45, 7) is 0. The van der Waals surface area contributed by atoms with Gasteiger partial charge >= 0.3 is 0 Å². The lowest BCUT2D eigenvalue weighted by Gasteiger charge is -2.10. The molecule has 3 rings (SSSR count). The molecule has 0 spiro atoms. The van der Waals surface area contributed by atoms with Crippen LogP contribution in [-0.4, -0.2) is 9.97 Å². The predicted octanol–water partition coefficient (Wildman–Crippen LogP) is 3.95. The molecule has 5 heteroatoms. The summed E-state index contributed by atoms with van der Waals surface area (Å²) in [6, 6.07) is 19.8. The van der Waals surface area contributed by atoms with Crippen molar-refractivity contribution in [3.63, 3.8) is 0 Å². The van der Waals surface area contributed by atoms with Crippen molar-refractivity contribution in [3.8, 4) is 0 Å². The fourth-order valence-corrected chi connectivity index (χ4v) is 2.64. The van der Waals surface area contributed by atoms with Crippen LogP contribution in [0.4, 0.5) is 17.2 Å². The van der Waals surface area contributed by atoms with Gasteiger partial charge in [0.2, 0.25) is 0 Å². The lowest BCUT2D eigenvalue weighted by molar-refractivity contribution is 1.06. The summed E-state index contributed by atoms with van der Waals surface area (Å²) >= 11 is 1.52. The van der Waals surface area contributed by atoms with E-state index in [0.29, 0.717) is 11.5 Å². The highest BCUT2D eigenvalue weighted by Gasteiger charge is 2.09. The van der Waals surface area contributed by atoms with Gasteiger partial charge in [0.1, 0.15) is 17.0 Å². The van der Waals surface area contributed by atoms with Gasteiger partial charge in [0, 0.05) is 10.6 Å². The van der Waals surface area contributed by atoms with Crippen molar-refractivity contribution in [2.75, 3.05) is 11.1 Å². The monoisotopic (exact) mass is 294 g/mol. The molecular weight excluding hydrogens is 280 g/mol. The number of hydrogen-bond donors (Lipinski definition) is 2. The first kappa shape index (κ1) is 13.5. The molecule has 3 aromatic rings. The van der Waals surface area contributed by atoms with Gasteiger partial charge in [-0.15, -0.1) is 0 Å². The second kappa shape index (κ2) is 6.28. The first-order valence-electron chi connectivity index (χ1n) is 6.48. The molecule has 3 N–H and O–H groups in total. The van der Waals surface area contributed by atoms with Crippen LogP contribution < -0.4 is 11.1 Å². The van der Waals surface area contributed by atoms with Gasteiger partial charge in [-0.1, -0.05) is 48.2 Å². The highest BCUT2D eigenvalue weighted by Crippen LogP contribution is 2.33. The smallest absolute Gasteiger partial charge is 0.158 e. The Kier molecular flexibility index (Phi) is 4.02. The van der Waals surface area contributed by atoms with Gasteiger partial charge in [0.05, 0.1) is 0 Å². The largest absolute Gasteiger partial charge is 0.394 e. The second-order valence-electron chi connectivity index (χ2n) is 4.35. The fraction of sp³-hybridized carbons (Fsp3) is 0. The van der Waals surface area contributed by atoms with E-state index in [1.807, 2.05) is 60.7 Å². The number of aromatic nitrogens is 2. The maximum Gasteiger partial charge on any atom is 0.158 e. The van der Waals surface area contributed by atoms with Gasteiger partial charge in [-0.05, 0) is 24.3 Å². The summed E-state index contributed by atoms with van der Waals surface area (Å²) in [5.41, 5.74) is 7.66. The molecule has 0 amide bonds. The van der Waals surface area contributed by atoms with Crippen molar-refractivity contribution in [1.82, 2.24) is 9.97 Å². The minimum Gasteiger partial charge on any atom is -0.394 e. The minimum atomic E-state index is 0.551. The summed E-state index contributed by atoms with van der Waals surface area (Å²) in [6.07, 6.45) is 1.52. The van der Waals surface area contributed by atoms with Crippen LogP contribution in [0.3, 0.4) is 0 Å². The number of benzene rings is 2. The van der Waals surface area contributed by atoms with Gasteiger partial charge in [0.15, 0.2) is 5.82 Å². The van der Waals surface area contributed by atoms with Gasteiger partial charge in [-0.25, -0.2) is 9.97 Å². The van der Waals surface area contributed by atoms with Gasteiger partial charge in [-0.3, -0.25) is 0 Å². The van der Waals surface area contributed by atoms with Crippen molar-refractivity contribution in [1.29, 1.82) is 0 Å². The molecule has 0 saturated carbocycles. The van der Waals surface area contributed by atoms with E-state index in [1.165, 1.54) is 18.1 Å². The topological polar surface area (TPSA) is 63.8 Å². The molecule has 0 aliphatic heterocycles. The van der Waals surface area contributed by atoms with Crippen LogP contribution >= 0.6 is 11.8 Å². The molecule has 0 fully saturated rings. The summed E-state index contributed by atoms with van der Waals surface area (Å²) in [4.78, 5) is 9.57. The third-order valence-electron chi connectivity index (χ3n) is 2.84. The van der Waals surface area contributed by atoms with Crippen LogP contribution in [0.1, 0.15) is 0 Å². The van der Waals surface area contributed by atoms with E-state index in [9.17, 15) is 0 Å². The maximum absolute atomic E-state index is 6.17. The molecule has 0 aliphatic carbocycles. The van der Waals surface area contributed by atoms with Crippen molar-refractivity contribution in [2.45, 2.75) is 9.92 Å². The molecule has 21 heavy (non-hydrogen) atoms. The van der Waals surface area contributed by atoms with E-state index in [1.54, 1.807) is 0 Å². The Balaban J connectivity index is 1.85. The number of hydrogen-bond acceptors (Lipinski definition) is 5. The molecular formula is C16H14N4S. The highest BCUT2D eigenvalue weighted by molar-refractivity contribution is 7.99. The molecule has 1 heterocycles. The third-order valence-corrected chi connectivity index (χ3v) is 3.87. The van der Waals surface area contributed by atoms with Crippen molar-refractivity contribution >= 4 is 29.0 Å². The van der Waals surface area contributed by atoms with Crippen LogP contribution in [0.2, 0.25) is 0 Å². The summed E-state index contributed by atoms with van der Waals surface area (Å²) in [7, 11) is 0. The Hall–Kier alpha value is -2.53. The number of anilines is 3. The number of rotatable bonds is 4. The molecule has 0 aliphatic rings. The first-order valence-corrected chi connectivity index (χ1v) is 7.30. The number of nitrogens with zero attached hydrogens (tertiary/aromatic N) is 2. The lowest BCUT2D eigenvalue weighted by atomic mass is 10.3. The van der Waals surface area contributed by atoms with E-state index in [4.69, 9.17) is 5.73 Å². The zero-order chi connectivity index (χ0) is 14.5. The minimum absolute atomic E-state index is 0.551. The van der Waals surface area contributed by atoms with Crippen LogP contribution in [-0.2, 0) is 0 Å². The normalized spacial score (nSPS) is 10.3. The predicted molar refractivity (Wildman–Crippen MR) is 86.7 cm³/mol. The van der Waals surface area contributed by atoms with Crippen molar-refractivity contribution in [2.24, 2.45) is 0 Å². The highest BCUT2D eigenvalue weighted by atomic mass is 32.2. The summed E-state index contributed by atoms with van der Waals surface area (Å²) < 4.78 is 0. The van der Waals surface area contributed by atoms with E-state index < -0.39 is 0 Å². The summed E-state index contributed by atoms with van der Waals surface area (Å²) in [5, 5.41) is 3.95. The van der Waals surface area contributed by atoms with E-state index in [0.717, 1.165) is 15.6 Å². The molecule has 1 aromatic heterocycles. The zero-order valence-corrected chi connectivity index (χ0v) is 12.0. The Morgan fingerprint density at radius 1 is 0.857 bits per heavy atom. The fourth-order valence-electron chi connectivity index (χ4n) is 1.82. The first-order chi connectivity index (χ1) is 10.3. The Bertz CT molecular complexity index is 657. The van der Waals surface area contributed by atoms with Crippen LogP contribution in [0.25, 0.3) is 0 Å². The van der Waals surface area contributed by atoms with E-state index in [2.05, 4.69) is 15.3 Å². The van der Waals surface area contributed by atoms with Crippen LogP contribution in [0.5, 0.6) is 0 Å². The molecule has 104 valence electrons. The summed E-state index contributed by atoms with van der Waals surface area (Å²) in [5.74, 6) is 0.620. The lowest BCUT2D eigenvalue weighted by Crippen LogP contribution is -2.02. The Morgan fingerprint density at radius 2 is 1.52 bits per heavy atom. The van der Waals surface area contributed by atoms with Gasteiger partial charge < -0.3 is 11.1 Å². The Morgan fingerprint density at radius 3 is 2.24 bits per heavy atom. The van der Waals surface area contributed by atoms with Crippen molar-refractivity contribution < 1.29 is 0 Å². The average molecular weight is 294 g/mol. The molecule has 2 aromatic carbocycles. The zero-order valence-electron chi connectivity index (χ0n) is 11.2. The number of nitrogens with one attached hydrogen (secondary N) is 1. The SMILES string of the molecule is Nc1c(Nc2ccccc2)ncnc1Sc1ccccc1. The number of nitrogens with two attached hydrogens (primary N) is 1. The molecule has 0 atom stereocenters. The van der Waals surface area contributed by atoms with Gasteiger partial charge in [0.25, 0.3) is 0 Å². The standard InChI is InChI=1S/C16H14N4S/c17-14-15(20-12-7-3-1-4-8-12)18-11-19-16(14)21-13-9-5-2-6-10-13/h1-11H,17H2,(H,18,19,20). The molecule has 4 nitrogen and oxygen atoms in total. The van der Waals surface area contributed by atoms with Crippen LogP contribution in [0, 0.1) is 0 Å². The number of para-hydroxylation sites is 1.